The smallest absolute Gasteiger partial charge is 0.326 e. The number of aliphatic carboxylic acids is 1. The van der Waals surface area contributed by atoms with Gasteiger partial charge in [-0.05, 0) is 30.2 Å². The van der Waals surface area contributed by atoms with Crippen molar-refractivity contribution < 1.29 is 19.6 Å². The summed E-state index contributed by atoms with van der Waals surface area (Å²) in [5.74, 6) is -1.10. The van der Waals surface area contributed by atoms with Crippen LogP contribution in [-0.2, 0) is 9.59 Å². The molecule has 0 aliphatic heterocycles. The molecule has 1 aromatic carbocycles. The Hall–Kier alpha value is -3.18. The predicted molar refractivity (Wildman–Crippen MR) is 90.0 cm³/mol. The van der Waals surface area contributed by atoms with Gasteiger partial charge in [0.15, 0.2) is 0 Å². The number of carbonyl (C=O) groups excluding carboxylic acids is 1. The van der Waals surface area contributed by atoms with Gasteiger partial charge in [-0.25, -0.2) is 4.79 Å². The molecule has 128 valence electrons. The third kappa shape index (κ3) is 3.51. The average molecular weight is 362 g/mol. The maximum Gasteiger partial charge on any atom is 0.326 e. The molecule has 8 nitrogen and oxygen atoms in total. The van der Waals surface area contributed by atoms with Gasteiger partial charge in [0, 0.05) is 29.3 Å². The number of aromatic nitrogens is 1. The molecular formula is C16H12ClN3O5. The highest BCUT2D eigenvalue weighted by Crippen LogP contribution is 2.31. The standard InChI is InChI=1S/C16H12ClN3O5/c1-2-13(16(22)23)19-8-10(5-9(7-18)15(17)21)12-4-3-11(20(24)25)6-14(12)19/h3-6,8,13H,2H2,1H3,(H,22,23). The summed E-state index contributed by atoms with van der Waals surface area (Å²) in [6, 6.07) is 4.67. The molecule has 0 saturated heterocycles. The Bertz CT molecular complexity index is 955. The molecular weight excluding hydrogens is 350 g/mol. The molecule has 0 bridgehead atoms. The van der Waals surface area contributed by atoms with Gasteiger partial charge in [-0.15, -0.1) is 0 Å². The number of rotatable bonds is 6. The molecule has 0 aliphatic carbocycles. The third-order valence-electron chi connectivity index (χ3n) is 3.70. The van der Waals surface area contributed by atoms with Crippen molar-refractivity contribution in [3.8, 4) is 6.07 Å². The van der Waals surface area contributed by atoms with Gasteiger partial charge in [0.1, 0.15) is 17.7 Å². The molecule has 2 rings (SSSR count). The van der Waals surface area contributed by atoms with Crippen molar-refractivity contribution in [2.45, 2.75) is 19.4 Å². The van der Waals surface area contributed by atoms with E-state index < -0.39 is 22.2 Å². The molecule has 0 spiro atoms. The maximum atomic E-state index is 11.5. The van der Waals surface area contributed by atoms with Gasteiger partial charge in [0.25, 0.3) is 10.9 Å². The second-order valence-electron chi connectivity index (χ2n) is 5.16. The molecule has 2 aromatic rings. The van der Waals surface area contributed by atoms with Crippen molar-refractivity contribution in [2.24, 2.45) is 0 Å². The van der Waals surface area contributed by atoms with Gasteiger partial charge >= 0.3 is 5.97 Å². The van der Waals surface area contributed by atoms with Crippen LogP contribution in [0.2, 0.25) is 0 Å². The van der Waals surface area contributed by atoms with Gasteiger partial charge in [0.05, 0.1) is 10.4 Å². The van der Waals surface area contributed by atoms with E-state index in [-0.39, 0.29) is 17.7 Å². The first kappa shape index (κ1) is 18.2. The van der Waals surface area contributed by atoms with E-state index in [2.05, 4.69) is 0 Å². The van der Waals surface area contributed by atoms with Crippen LogP contribution in [-0.4, -0.2) is 25.8 Å². The fourth-order valence-electron chi connectivity index (χ4n) is 2.53. The Morgan fingerprint density at radius 2 is 2.20 bits per heavy atom. The quantitative estimate of drug-likeness (QED) is 0.276. The van der Waals surface area contributed by atoms with E-state index in [4.69, 9.17) is 16.9 Å². The average Bonchev–Trinajstić information content (AvgIpc) is 2.90. The van der Waals surface area contributed by atoms with Crippen LogP contribution in [0.15, 0.2) is 30.0 Å². The Morgan fingerprint density at radius 1 is 1.52 bits per heavy atom. The van der Waals surface area contributed by atoms with Gasteiger partial charge in [-0.1, -0.05) is 6.92 Å². The minimum atomic E-state index is -1.10. The number of nitro benzene ring substituents is 1. The topological polar surface area (TPSA) is 126 Å². The van der Waals surface area contributed by atoms with Gasteiger partial charge in [0.2, 0.25) is 0 Å². The summed E-state index contributed by atoms with van der Waals surface area (Å²) in [5.41, 5.74) is 0.170. The molecule has 1 N–H and O–H groups in total. The number of halogens is 1. The minimum Gasteiger partial charge on any atom is -0.480 e. The second kappa shape index (κ2) is 7.15. The van der Waals surface area contributed by atoms with E-state index in [1.54, 1.807) is 13.0 Å². The maximum absolute atomic E-state index is 11.5. The molecule has 0 aliphatic rings. The summed E-state index contributed by atoms with van der Waals surface area (Å²) in [6.07, 6.45) is 2.91. The number of benzene rings is 1. The molecule has 0 radical (unpaired) electrons. The van der Waals surface area contributed by atoms with Gasteiger partial charge < -0.3 is 9.67 Å². The van der Waals surface area contributed by atoms with E-state index in [0.29, 0.717) is 16.5 Å². The van der Waals surface area contributed by atoms with E-state index in [1.807, 2.05) is 0 Å². The molecule has 1 atom stereocenters. The highest BCUT2D eigenvalue weighted by atomic mass is 35.5. The molecule has 25 heavy (non-hydrogen) atoms. The summed E-state index contributed by atoms with van der Waals surface area (Å²) in [5, 5.41) is 28.9. The number of non-ortho nitro benzene ring substituents is 1. The lowest BCUT2D eigenvalue weighted by molar-refractivity contribution is -0.384. The van der Waals surface area contributed by atoms with Crippen LogP contribution in [0.25, 0.3) is 17.0 Å². The monoisotopic (exact) mass is 361 g/mol. The number of nitrogens with zero attached hydrogens (tertiary/aromatic N) is 3. The van der Waals surface area contributed by atoms with Gasteiger partial charge in [-0.2, -0.15) is 5.26 Å². The van der Waals surface area contributed by atoms with Crippen molar-refractivity contribution >= 4 is 45.5 Å². The number of fused-ring (bicyclic) bond motifs is 1. The summed E-state index contributed by atoms with van der Waals surface area (Å²) in [6.45, 7) is 1.67. The van der Waals surface area contributed by atoms with Crippen molar-refractivity contribution in [2.75, 3.05) is 0 Å². The molecule has 0 amide bonds. The van der Waals surface area contributed by atoms with E-state index in [0.717, 1.165) is 0 Å². The normalized spacial score (nSPS) is 12.6. The van der Waals surface area contributed by atoms with Crippen molar-refractivity contribution in [1.82, 2.24) is 4.57 Å². The van der Waals surface area contributed by atoms with Crippen molar-refractivity contribution in [3.05, 3.63) is 45.6 Å². The first-order chi connectivity index (χ1) is 11.8. The lowest BCUT2D eigenvalue weighted by Gasteiger charge is -2.13. The first-order valence-corrected chi connectivity index (χ1v) is 7.51. The van der Waals surface area contributed by atoms with Crippen LogP contribution in [0.5, 0.6) is 0 Å². The first-order valence-electron chi connectivity index (χ1n) is 7.13. The minimum absolute atomic E-state index is 0.198. The van der Waals surface area contributed by atoms with Crippen LogP contribution in [0.1, 0.15) is 24.9 Å². The largest absolute Gasteiger partial charge is 0.480 e. The highest BCUT2D eigenvalue weighted by molar-refractivity contribution is 6.68. The fourth-order valence-corrected chi connectivity index (χ4v) is 2.63. The Morgan fingerprint density at radius 3 is 2.68 bits per heavy atom. The van der Waals surface area contributed by atoms with Gasteiger partial charge in [-0.3, -0.25) is 14.9 Å². The second-order valence-corrected chi connectivity index (χ2v) is 5.50. The van der Waals surface area contributed by atoms with Crippen molar-refractivity contribution in [3.63, 3.8) is 0 Å². The van der Waals surface area contributed by atoms with E-state index >= 15 is 0 Å². The number of hydrogen-bond donors (Lipinski definition) is 1. The lowest BCUT2D eigenvalue weighted by Crippen LogP contribution is -2.17. The lowest BCUT2D eigenvalue weighted by atomic mass is 10.1. The number of carboxylic acids is 1. The molecule has 1 aromatic heterocycles. The van der Waals surface area contributed by atoms with E-state index in [1.165, 1.54) is 35.0 Å². The fraction of sp³-hybridized carbons (Fsp3) is 0.188. The Balaban J connectivity index is 2.81. The number of hydrogen-bond acceptors (Lipinski definition) is 5. The molecule has 9 heteroatoms. The zero-order chi connectivity index (χ0) is 18.7. The SMILES string of the molecule is CCC(C(=O)O)n1cc(C=C(C#N)C(=O)Cl)c2ccc([N+](=O)[O-])cc21. The molecule has 0 fully saturated rings. The zero-order valence-corrected chi connectivity index (χ0v) is 13.7. The van der Waals surface area contributed by atoms with Crippen LogP contribution in [0.3, 0.4) is 0 Å². The summed E-state index contributed by atoms with van der Waals surface area (Å²) < 4.78 is 1.38. The van der Waals surface area contributed by atoms with Crippen LogP contribution >= 0.6 is 11.6 Å². The van der Waals surface area contributed by atoms with Crippen LogP contribution < -0.4 is 0 Å². The third-order valence-corrected chi connectivity index (χ3v) is 3.90. The predicted octanol–water partition coefficient (Wildman–Crippen LogP) is 3.26. The highest BCUT2D eigenvalue weighted by Gasteiger charge is 2.22. The number of carbonyl (C=O) groups is 2. The molecule has 1 unspecified atom stereocenters. The Kier molecular flexibility index (Phi) is 5.20. The number of nitro groups is 1. The molecule has 0 saturated carbocycles. The number of nitriles is 1. The number of allylic oxidation sites excluding steroid dienone is 1. The van der Waals surface area contributed by atoms with Crippen molar-refractivity contribution in [1.29, 1.82) is 5.26 Å². The van der Waals surface area contributed by atoms with Crippen LogP contribution in [0, 0.1) is 21.4 Å². The summed E-state index contributed by atoms with van der Waals surface area (Å²) >= 11 is 5.34. The summed E-state index contributed by atoms with van der Waals surface area (Å²) in [7, 11) is 0. The van der Waals surface area contributed by atoms with E-state index in [9.17, 15) is 24.8 Å². The zero-order valence-electron chi connectivity index (χ0n) is 13.0. The number of carboxylic acid groups (broad SMARTS) is 1. The summed E-state index contributed by atoms with van der Waals surface area (Å²) in [4.78, 5) is 33.2. The molecule has 1 heterocycles. The van der Waals surface area contributed by atoms with Crippen LogP contribution in [0.4, 0.5) is 5.69 Å². The Labute approximate surface area is 146 Å².